The van der Waals surface area contributed by atoms with E-state index in [0.29, 0.717) is 0 Å². The van der Waals surface area contributed by atoms with Gasteiger partial charge in [-0.25, -0.2) is 0 Å². The van der Waals surface area contributed by atoms with Crippen molar-refractivity contribution in [3.8, 4) is 11.5 Å². The van der Waals surface area contributed by atoms with Crippen LogP contribution in [-0.4, -0.2) is 9.85 Å². The van der Waals surface area contributed by atoms with Crippen molar-refractivity contribution in [1.82, 2.24) is 0 Å². The van der Waals surface area contributed by atoms with Gasteiger partial charge >= 0.3 is 17.6 Å². The van der Waals surface area contributed by atoms with E-state index in [-0.39, 0.29) is 23.6 Å². The summed E-state index contributed by atoms with van der Waals surface area (Å²) in [4.78, 5) is 19.7. The zero-order valence-corrected chi connectivity index (χ0v) is 11.6. The normalized spacial score (nSPS) is 11.1. The number of benzene rings is 2. The summed E-state index contributed by atoms with van der Waals surface area (Å²) in [6.45, 7) is 0. The Balaban J connectivity index is 2.71. The highest BCUT2D eigenvalue weighted by Crippen LogP contribution is 2.45. The Kier molecular flexibility index (Phi) is 4.26. The molecule has 2 aromatic rings. The molecule has 0 radical (unpaired) electrons. The molecule has 0 amide bonds. The molecule has 126 valence electrons. The van der Waals surface area contributed by atoms with Crippen LogP contribution in [-0.2, 0) is 6.18 Å². The molecule has 11 heteroatoms. The highest BCUT2D eigenvalue weighted by Gasteiger charge is 2.38. The molecule has 2 aromatic carbocycles. The third-order valence-electron chi connectivity index (χ3n) is 2.90. The molecule has 0 aliphatic rings. The number of hydrogen-bond donors (Lipinski definition) is 1. The van der Waals surface area contributed by atoms with Crippen molar-refractivity contribution in [2.75, 3.05) is 5.73 Å². The molecule has 0 unspecified atom stereocenters. The number of para-hydroxylation sites is 2. The number of nitrogens with two attached hydrogens (primary N) is 1. The number of anilines is 1. The Morgan fingerprint density at radius 1 is 1.00 bits per heavy atom. The quantitative estimate of drug-likeness (QED) is 0.510. The summed E-state index contributed by atoms with van der Waals surface area (Å²) in [5.74, 6) is -1.10. The SMILES string of the molecule is Nc1ccccc1Oc1c([N+](=O)[O-])cc(C(F)(F)F)cc1[N+](=O)[O-]. The fourth-order valence-corrected chi connectivity index (χ4v) is 1.82. The van der Waals surface area contributed by atoms with E-state index in [2.05, 4.69) is 0 Å². The van der Waals surface area contributed by atoms with Crippen molar-refractivity contribution in [3.63, 3.8) is 0 Å². The lowest BCUT2D eigenvalue weighted by atomic mass is 10.1. The summed E-state index contributed by atoms with van der Waals surface area (Å²) < 4.78 is 43.5. The Morgan fingerprint density at radius 2 is 1.50 bits per heavy atom. The van der Waals surface area contributed by atoms with Crippen LogP contribution >= 0.6 is 0 Å². The molecule has 0 atom stereocenters. The first-order valence-corrected chi connectivity index (χ1v) is 6.17. The second-order valence-corrected chi connectivity index (χ2v) is 4.50. The molecular formula is C13H8F3N3O5. The van der Waals surface area contributed by atoms with E-state index in [1.807, 2.05) is 0 Å². The highest BCUT2D eigenvalue weighted by atomic mass is 19.4. The summed E-state index contributed by atoms with van der Waals surface area (Å²) in [7, 11) is 0. The number of nitro benzene ring substituents is 2. The van der Waals surface area contributed by atoms with Crippen LogP contribution in [0, 0.1) is 20.2 Å². The number of nitrogen functional groups attached to an aromatic ring is 1. The van der Waals surface area contributed by atoms with Gasteiger partial charge in [0.05, 0.1) is 21.1 Å². The van der Waals surface area contributed by atoms with E-state index in [0.717, 1.165) is 0 Å². The van der Waals surface area contributed by atoms with Crippen LogP contribution < -0.4 is 10.5 Å². The van der Waals surface area contributed by atoms with Crippen LogP contribution in [0.15, 0.2) is 36.4 Å². The van der Waals surface area contributed by atoms with Crippen molar-refractivity contribution >= 4 is 17.1 Å². The maximum Gasteiger partial charge on any atom is 0.416 e. The number of alkyl halides is 3. The van der Waals surface area contributed by atoms with E-state index in [1.165, 1.54) is 24.3 Å². The second kappa shape index (κ2) is 6.02. The lowest BCUT2D eigenvalue weighted by molar-refractivity contribution is -0.396. The fourth-order valence-electron chi connectivity index (χ4n) is 1.82. The van der Waals surface area contributed by atoms with Gasteiger partial charge in [0, 0.05) is 12.1 Å². The lowest BCUT2D eigenvalue weighted by Crippen LogP contribution is -2.08. The van der Waals surface area contributed by atoms with Gasteiger partial charge < -0.3 is 10.5 Å². The molecule has 0 aliphatic heterocycles. The first kappa shape index (κ1) is 17.0. The van der Waals surface area contributed by atoms with E-state index in [4.69, 9.17) is 10.5 Å². The average molecular weight is 343 g/mol. The third kappa shape index (κ3) is 3.34. The Hall–Kier alpha value is -3.37. The van der Waals surface area contributed by atoms with Gasteiger partial charge in [0.15, 0.2) is 5.75 Å². The summed E-state index contributed by atoms with van der Waals surface area (Å²) in [6, 6.07) is 5.91. The zero-order valence-electron chi connectivity index (χ0n) is 11.6. The van der Waals surface area contributed by atoms with Crippen LogP contribution in [0.2, 0.25) is 0 Å². The Morgan fingerprint density at radius 3 is 1.92 bits per heavy atom. The standard InChI is InChI=1S/C13H8F3N3O5/c14-13(15,16)7-5-9(18(20)21)12(10(6-7)19(22)23)24-11-4-2-1-3-8(11)17/h1-6H,17H2. The molecule has 0 heterocycles. The van der Waals surface area contributed by atoms with Gasteiger partial charge in [-0.3, -0.25) is 20.2 Å². The molecule has 0 spiro atoms. The third-order valence-corrected chi connectivity index (χ3v) is 2.90. The molecule has 0 aromatic heterocycles. The van der Waals surface area contributed by atoms with E-state index in [1.54, 1.807) is 0 Å². The number of nitrogens with zero attached hydrogens (tertiary/aromatic N) is 2. The van der Waals surface area contributed by atoms with Crippen molar-refractivity contribution in [2.24, 2.45) is 0 Å². The molecule has 0 saturated carbocycles. The van der Waals surface area contributed by atoms with Gasteiger partial charge in [-0.05, 0) is 12.1 Å². The second-order valence-electron chi connectivity index (χ2n) is 4.50. The summed E-state index contributed by atoms with van der Waals surface area (Å²) in [5.41, 5.74) is 1.65. The summed E-state index contributed by atoms with van der Waals surface area (Å²) >= 11 is 0. The number of nitro groups is 2. The molecule has 24 heavy (non-hydrogen) atoms. The van der Waals surface area contributed by atoms with Gasteiger partial charge in [0.2, 0.25) is 0 Å². The zero-order chi connectivity index (χ0) is 18.1. The minimum atomic E-state index is -5.00. The number of hydrogen-bond acceptors (Lipinski definition) is 6. The van der Waals surface area contributed by atoms with E-state index >= 15 is 0 Å². The molecule has 0 aliphatic carbocycles. The van der Waals surface area contributed by atoms with Crippen LogP contribution in [0.25, 0.3) is 0 Å². The van der Waals surface area contributed by atoms with Gasteiger partial charge in [-0.2, -0.15) is 13.2 Å². The average Bonchev–Trinajstić information content (AvgIpc) is 2.47. The molecule has 2 N–H and O–H groups in total. The monoisotopic (exact) mass is 343 g/mol. The number of halogens is 3. The van der Waals surface area contributed by atoms with Gasteiger partial charge in [0.25, 0.3) is 5.75 Å². The van der Waals surface area contributed by atoms with Crippen molar-refractivity contribution in [2.45, 2.75) is 6.18 Å². The topological polar surface area (TPSA) is 122 Å². The Bertz CT molecular complexity index is 788. The van der Waals surface area contributed by atoms with Crippen molar-refractivity contribution < 1.29 is 27.8 Å². The van der Waals surface area contributed by atoms with Gasteiger partial charge in [-0.15, -0.1) is 0 Å². The van der Waals surface area contributed by atoms with Crippen LogP contribution in [0.4, 0.5) is 30.2 Å². The van der Waals surface area contributed by atoms with Gasteiger partial charge in [-0.1, -0.05) is 12.1 Å². The minimum absolute atomic E-state index is 0.000920. The number of rotatable bonds is 4. The predicted molar refractivity (Wildman–Crippen MR) is 75.7 cm³/mol. The molecule has 8 nitrogen and oxygen atoms in total. The van der Waals surface area contributed by atoms with Crippen molar-refractivity contribution in [3.05, 3.63) is 62.2 Å². The largest absolute Gasteiger partial charge is 0.442 e. The van der Waals surface area contributed by atoms with Crippen LogP contribution in [0.3, 0.4) is 0 Å². The molecule has 0 saturated heterocycles. The summed E-state index contributed by atoms with van der Waals surface area (Å²) in [6.07, 6.45) is -5.00. The minimum Gasteiger partial charge on any atom is -0.442 e. The first-order chi connectivity index (χ1) is 11.1. The maximum atomic E-state index is 12.8. The van der Waals surface area contributed by atoms with Crippen LogP contribution in [0.1, 0.15) is 5.56 Å². The molecule has 2 rings (SSSR count). The smallest absolute Gasteiger partial charge is 0.416 e. The van der Waals surface area contributed by atoms with Gasteiger partial charge in [0.1, 0.15) is 0 Å². The molecule has 0 bridgehead atoms. The first-order valence-electron chi connectivity index (χ1n) is 6.17. The number of ether oxygens (including phenoxy) is 1. The summed E-state index contributed by atoms with van der Waals surface area (Å²) in [5, 5.41) is 22.1. The van der Waals surface area contributed by atoms with E-state index < -0.39 is 38.7 Å². The van der Waals surface area contributed by atoms with E-state index in [9.17, 15) is 33.4 Å². The maximum absolute atomic E-state index is 12.8. The molecule has 0 fully saturated rings. The molecular weight excluding hydrogens is 335 g/mol. The lowest BCUT2D eigenvalue weighted by Gasteiger charge is -2.11. The van der Waals surface area contributed by atoms with Crippen molar-refractivity contribution in [1.29, 1.82) is 0 Å². The predicted octanol–water partition coefficient (Wildman–Crippen LogP) is 3.90. The Labute approximate surface area is 131 Å². The fraction of sp³-hybridized carbons (Fsp3) is 0.0769. The highest BCUT2D eigenvalue weighted by molar-refractivity contribution is 5.65. The van der Waals surface area contributed by atoms with Crippen LogP contribution in [0.5, 0.6) is 11.5 Å².